The van der Waals surface area contributed by atoms with E-state index in [1.165, 1.54) is 18.9 Å². The van der Waals surface area contributed by atoms with E-state index in [1.54, 1.807) is 0 Å². The van der Waals surface area contributed by atoms with Crippen molar-refractivity contribution in [3.8, 4) is 0 Å². The summed E-state index contributed by atoms with van der Waals surface area (Å²) in [6.07, 6.45) is 2.69. The van der Waals surface area contributed by atoms with Crippen molar-refractivity contribution >= 4 is 8.32 Å². The summed E-state index contributed by atoms with van der Waals surface area (Å²) < 4.78 is 5.87. The molecule has 1 aliphatic heterocycles. The zero-order valence-electron chi connectivity index (χ0n) is 7.31. The molecule has 1 aliphatic rings. The van der Waals surface area contributed by atoms with Gasteiger partial charge in [0.2, 0.25) is 0 Å². The first kappa shape index (κ1) is 8.28. The van der Waals surface area contributed by atoms with Gasteiger partial charge in [0.1, 0.15) is 0 Å². The molecular weight excluding hydrogens is 140 g/mol. The van der Waals surface area contributed by atoms with Crippen LogP contribution < -0.4 is 0 Å². The Hall–Kier alpha value is 0.177. The van der Waals surface area contributed by atoms with Crippen molar-refractivity contribution in [2.24, 2.45) is 0 Å². The fourth-order valence-electron chi connectivity index (χ4n) is 1.41. The maximum absolute atomic E-state index is 5.87. The molecule has 0 radical (unpaired) electrons. The molecule has 1 saturated heterocycles. The third-order valence-corrected chi connectivity index (χ3v) is 7.37. The lowest BCUT2D eigenvalue weighted by molar-refractivity contribution is 0.264. The normalized spacial score (nSPS) is 34.8. The van der Waals surface area contributed by atoms with Crippen LogP contribution in [-0.2, 0) is 4.43 Å². The molecule has 1 atom stereocenters. The number of hydrogen-bond acceptors (Lipinski definition) is 1. The smallest absolute Gasteiger partial charge is 0.192 e. The SMILES string of the molecule is CC(C)[Si]1(C)CCCCO1. The highest BCUT2D eigenvalue weighted by Gasteiger charge is 2.34. The Bertz CT molecular complexity index is 106. The minimum absolute atomic E-state index is 0.799. The Morgan fingerprint density at radius 3 is 2.30 bits per heavy atom. The summed E-state index contributed by atoms with van der Waals surface area (Å²) in [7, 11) is -1.21. The molecule has 10 heavy (non-hydrogen) atoms. The molecule has 1 heterocycles. The van der Waals surface area contributed by atoms with Gasteiger partial charge in [0, 0.05) is 6.61 Å². The summed E-state index contributed by atoms with van der Waals surface area (Å²) >= 11 is 0. The summed E-state index contributed by atoms with van der Waals surface area (Å²) in [5, 5.41) is 0. The molecule has 1 fully saturated rings. The fourth-order valence-corrected chi connectivity index (χ4v) is 4.03. The second kappa shape index (κ2) is 3.05. The average molecular weight is 158 g/mol. The van der Waals surface area contributed by atoms with Gasteiger partial charge in [0.25, 0.3) is 0 Å². The molecule has 0 aromatic rings. The Morgan fingerprint density at radius 2 is 2.00 bits per heavy atom. The van der Waals surface area contributed by atoms with Gasteiger partial charge in [-0.15, -0.1) is 0 Å². The Kier molecular flexibility index (Phi) is 2.53. The van der Waals surface area contributed by atoms with Gasteiger partial charge in [0.15, 0.2) is 8.32 Å². The first-order valence-corrected chi connectivity index (χ1v) is 6.98. The highest BCUT2D eigenvalue weighted by molar-refractivity contribution is 6.73. The summed E-state index contributed by atoms with van der Waals surface area (Å²) in [6.45, 7) is 8.01. The predicted octanol–water partition coefficient (Wildman–Crippen LogP) is 2.78. The molecule has 1 nitrogen and oxygen atoms in total. The van der Waals surface area contributed by atoms with E-state index < -0.39 is 8.32 Å². The molecule has 0 spiro atoms. The maximum atomic E-state index is 5.87. The van der Waals surface area contributed by atoms with E-state index in [4.69, 9.17) is 4.43 Å². The first-order valence-electron chi connectivity index (χ1n) is 4.29. The van der Waals surface area contributed by atoms with Crippen LogP contribution in [-0.4, -0.2) is 14.9 Å². The summed E-state index contributed by atoms with van der Waals surface area (Å²) in [4.78, 5) is 0. The first-order chi connectivity index (χ1) is 4.65. The summed E-state index contributed by atoms with van der Waals surface area (Å²) in [5.41, 5.74) is 0.799. The molecule has 0 aromatic carbocycles. The standard InChI is InChI=1S/C8H18OSi/c1-8(2)10(3)7-5-4-6-9-10/h8H,4-7H2,1-3H3. The van der Waals surface area contributed by atoms with E-state index in [1.807, 2.05) is 0 Å². The van der Waals surface area contributed by atoms with Crippen molar-refractivity contribution in [1.82, 2.24) is 0 Å². The topological polar surface area (TPSA) is 9.23 Å². The van der Waals surface area contributed by atoms with Crippen LogP contribution in [0.4, 0.5) is 0 Å². The van der Waals surface area contributed by atoms with Crippen molar-refractivity contribution in [2.45, 2.75) is 44.8 Å². The van der Waals surface area contributed by atoms with Crippen molar-refractivity contribution in [3.05, 3.63) is 0 Å². The average Bonchev–Trinajstić information content (AvgIpc) is 1.89. The lowest BCUT2D eigenvalue weighted by Gasteiger charge is -2.34. The van der Waals surface area contributed by atoms with Crippen LogP contribution in [0, 0.1) is 0 Å². The van der Waals surface area contributed by atoms with Gasteiger partial charge < -0.3 is 4.43 Å². The Labute approximate surface area is 64.9 Å². The molecule has 1 unspecified atom stereocenters. The van der Waals surface area contributed by atoms with Crippen LogP contribution >= 0.6 is 0 Å². The third kappa shape index (κ3) is 1.61. The van der Waals surface area contributed by atoms with E-state index in [9.17, 15) is 0 Å². The minimum Gasteiger partial charge on any atom is -0.417 e. The van der Waals surface area contributed by atoms with Gasteiger partial charge in [0.05, 0.1) is 0 Å². The van der Waals surface area contributed by atoms with Crippen molar-refractivity contribution in [3.63, 3.8) is 0 Å². The lowest BCUT2D eigenvalue weighted by Crippen LogP contribution is -2.40. The zero-order chi connectivity index (χ0) is 7.61. The third-order valence-electron chi connectivity index (χ3n) is 2.72. The summed E-state index contributed by atoms with van der Waals surface area (Å²) in [5.74, 6) is 0. The monoisotopic (exact) mass is 158 g/mol. The molecule has 0 saturated carbocycles. The van der Waals surface area contributed by atoms with Crippen LogP contribution in [0.3, 0.4) is 0 Å². The van der Waals surface area contributed by atoms with E-state index >= 15 is 0 Å². The Morgan fingerprint density at radius 1 is 1.30 bits per heavy atom. The van der Waals surface area contributed by atoms with E-state index in [0.29, 0.717) is 0 Å². The molecule has 60 valence electrons. The number of hydrogen-bond donors (Lipinski definition) is 0. The second-order valence-electron chi connectivity index (χ2n) is 3.77. The zero-order valence-corrected chi connectivity index (χ0v) is 8.31. The molecule has 0 aromatic heterocycles. The Balaban J connectivity index is 2.48. The van der Waals surface area contributed by atoms with Gasteiger partial charge in [-0.05, 0) is 24.6 Å². The molecule has 0 aliphatic carbocycles. The molecule has 0 N–H and O–H groups in total. The maximum Gasteiger partial charge on any atom is 0.192 e. The van der Waals surface area contributed by atoms with Crippen LogP contribution in [0.2, 0.25) is 18.1 Å². The van der Waals surface area contributed by atoms with Gasteiger partial charge >= 0.3 is 0 Å². The van der Waals surface area contributed by atoms with Crippen molar-refractivity contribution < 1.29 is 4.43 Å². The molecule has 0 amide bonds. The van der Waals surface area contributed by atoms with Crippen LogP contribution in [0.1, 0.15) is 26.7 Å². The highest BCUT2D eigenvalue weighted by Crippen LogP contribution is 2.31. The predicted molar refractivity (Wildman–Crippen MR) is 46.7 cm³/mol. The highest BCUT2D eigenvalue weighted by atomic mass is 28.4. The largest absolute Gasteiger partial charge is 0.417 e. The van der Waals surface area contributed by atoms with Crippen molar-refractivity contribution in [2.75, 3.05) is 6.61 Å². The van der Waals surface area contributed by atoms with Gasteiger partial charge in [-0.3, -0.25) is 0 Å². The van der Waals surface area contributed by atoms with Gasteiger partial charge in [-0.2, -0.15) is 0 Å². The molecular formula is C8H18OSi. The second-order valence-corrected chi connectivity index (χ2v) is 8.34. The molecule has 1 rings (SSSR count). The molecule has 2 heteroatoms. The van der Waals surface area contributed by atoms with E-state index in [-0.39, 0.29) is 0 Å². The molecule has 0 bridgehead atoms. The fraction of sp³-hybridized carbons (Fsp3) is 1.00. The van der Waals surface area contributed by atoms with Crippen molar-refractivity contribution in [1.29, 1.82) is 0 Å². The van der Waals surface area contributed by atoms with Crippen LogP contribution in [0.5, 0.6) is 0 Å². The van der Waals surface area contributed by atoms with Gasteiger partial charge in [-0.1, -0.05) is 20.3 Å². The van der Waals surface area contributed by atoms with E-state index in [2.05, 4.69) is 20.4 Å². The quantitative estimate of drug-likeness (QED) is 0.533. The lowest BCUT2D eigenvalue weighted by atomic mass is 10.4. The number of rotatable bonds is 1. The van der Waals surface area contributed by atoms with Crippen LogP contribution in [0.15, 0.2) is 0 Å². The van der Waals surface area contributed by atoms with Gasteiger partial charge in [-0.25, -0.2) is 0 Å². The van der Waals surface area contributed by atoms with Crippen LogP contribution in [0.25, 0.3) is 0 Å². The van der Waals surface area contributed by atoms with E-state index in [0.717, 1.165) is 12.1 Å². The summed E-state index contributed by atoms with van der Waals surface area (Å²) in [6, 6.07) is 1.38. The minimum atomic E-state index is -1.21.